The fourth-order valence-corrected chi connectivity index (χ4v) is 2.64. The fraction of sp³-hybridized carbons (Fsp3) is 0.400. The van der Waals surface area contributed by atoms with Crippen LogP contribution < -0.4 is 0 Å². The molecule has 0 aliphatic carbocycles. The quantitative estimate of drug-likeness (QED) is 0.851. The summed E-state index contributed by atoms with van der Waals surface area (Å²) in [5.74, 6) is -0.119. The van der Waals surface area contributed by atoms with E-state index in [4.69, 9.17) is 16.3 Å². The molecule has 1 saturated heterocycles. The number of carbonyl (C=O) groups excluding carboxylic acids is 1. The number of hydrogen-bond donors (Lipinski definition) is 0. The number of nitrogens with zero attached hydrogens (tertiary/aromatic N) is 4. The number of aromatic nitrogens is 3. The monoisotopic (exact) mass is 320 g/mol. The lowest BCUT2D eigenvalue weighted by Gasteiger charge is -2.25. The first-order valence-electron chi connectivity index (χ1n) is 7.22. The molecule has 1 aromatic carbocycles. The Hall–Kier alpha value is -1.92. The maximum Gasteiger partial charge on any atom is 0.276 e. The average molecular weight is 321 g/mol. The second-order valence-corrected chi connectivity index (χ2v) is 5.71. The molecule has 2 aromatic rings. The standard InChI is InChI=1S/C15H17ClN4O2/c1-11-5-7-22-8-6-19(11)15(21)14-10-20(18-17-14)13-4-2-3-12(16)9-13/h2-4,9-11H,5-8H2,1H3. The molecule has 1 aliphatic rings. The van der Waals surface area contributed by atoms with E-state index in [9.17, 15) is 4.79 Å². The number of amides is 1. The van der Waals surface area contributed by atoms with E-state index in [2.05, 4.69) is 10.3 Å². The fourth-order valence-electron chi connectivity index (χ4n) is 2.45. The maximum absolute atomic E-state index is 12.6. The van der Waals surface area contributed by atoms with Crippen molar-refractivity contribution in [3.63, 3.8) is 0 Å². The molecular weight excluding hydrogens is 304 g/mol. The largest absolute Gasteiger partial charge is 0.380 e. The lowest BCUT2D eigenvalue weighted by molar-refractivity contribution is 0.0681. The molecule has 2 heterocycles. The van der Waals surface area contributed by atoms with Crippen molar-refractivity contribution >= 4 is 17.5 Å². The highest BCUT2D eigenvalue weighted by atomic mass is 35.5. The number of halogens is 1. The number of carbonyl (C=O) groups is 1. The third-order valence-electron chi connectivity index (χ3n) is 3.73. The van der Waals surface area contributed by atoms with Crippen LogP contribution in [0, 0.1) is 0 Å². The van der Waals surface area contributed by atoms with Gasteiger partial charge in [-0.25, -0.2) is 4.68 Å². The first kappa shape index (κ1) is 15.0. The summed E-state index contributed by atoms with van der Waals surface area (Å²) >= 11 is 5.97. The smallest absolute Gasteiger partial charge is 0.276 e. The van der Waals surface area contributed by atoms with Gasteiger partial charge in [0, 0.05) is 24.2 Å². The molecule has 0 radical (unpaired) electrons. The number of benzene rings is 1. The van der Waals surface area contributed by atoms with Gasteiger partial charge in [0.2, 0.25) is 0 Å². The highest BCUT2D eigenvalue weighted by Gasteiger charge is 2.25. The Morgan fingerprint density at radius 1 is 1.41 bits per heavy atom. The van der Waals surface area contributed by atoms with Gasteiger partial charge in [-0.05, 0) is 31.5 Å². The van der Waals surface area contributed by atoms with E-state index in [1.807, 2.05) is 19.1 Å². The molecule has 1 aromatic heterocycles. The van der Waals surface area contributed by atoms with Gasteiger partial charge in [-0.3, -0.25) is 4.79 Å². The van der Waals surface area contributed by atoms with Crippen molar-refractivity contribution in [2.75, 3.05) is 19.8 Å². The molecule has 0 spiro atoms. The predicted octanol–water partition coefficient (Wildman–Crippen LogP) is 2.17. The lowest BCUT2D eigenvalue weighted by atomic mass is 10.2. The van der Waals surface area contributed by atoms with E-state index < -0.39 is 0 Å². The van der Waals surface area contributed by atoms with Crippen LogP contribution in [-0.2, 0) is 4.74 Å². The van der Waals surface area contributed by atoms with Crippen LogP contribution in [0.15, 0.2) is 30.5 Å². The van der Waals surface area contributed by atoms with Gasteiger partial charge < -0.3 is 9.64 Å². The van der Waals surface area contributed by atoms with Gasteiger partial charge >= 0.3 is 0 Å². The van der Waals surface area contributed by atoms with Crippen LogP contribution in [0.5, 0.6) is 0 Å². The van der Waals surface area contributed by atoms with Crippen molar-refractivity contribution in [3.05, 3.63) is 41.2 Å². The zero-order chi connectivity index (χ0) is 15.5. The minimum atomic E-state index is -0.119. The van der Waals surface area contributed by atoms with Crippen molar-refractivity contribution in [2.24, 2.45) is 0 Å². The molecule has 22 heavy (non-hydrogen) atoms. The second kappa shape index (κ2) is 6.46. The van der Waals surface area contributed by atoms with E-state index in [1.54, 1.807) is 27.9 Å². The molecule has 3 rings (SSSR count). The summed E-state index contributed by atoms with van der Waals surface area (Å²) in [6.45, 7) is 3.83. The Balaban J connectivity index is 1.82. The molecule has 1 amide bonds. The number of ether oxygens (including phenoxy) is 1. The van der Waals surface area contributed by atoms with Crippen molar-refractivity contribution in [3.8, 4) is 5.69 Å². The molecule has 6 nitrogen and oxygen atoms in total. The van der Waals surface area contributed by atoms with Crippen LogP contribution in [0.25, 0.3) is 5.69 Å². The van der Waals surface area contributed by atoms with Gasteiger partial charge in [-0.2, -0.15) is 0 Å². The normalized spacial score (nSPS) is 19.0. The van der Waals surface area contributed by atoms with Crippen LogP contribution in [-0.4, -0.2) is 51.6 Å². The number of rotatable bonds is 2. The summed E-state index contributed by atoms with van der Waals surface area (Å²) in [5.41, 5.74) is 1.10. The zero-order valence-electron chi connectivity index (χ0n) is 12.3. The molecule has 0 saturated carbocycles. The molecular formula is C15H17ClN4O2. The van der Waals surface area contributed by atoms with E-state index >= 15 is 0 Å². The minimum Gasteiger partial charge on any atom is -0.380 e. The highest BCUT2D eigenvalue weighted by Crippen LogP contribution is 2.16. The third kappa shape index (κ3) is 3.13. The lowest BCUT2D eigenvalue weighted by Crippen LogP contribution is -2.39. The van der Waals surface area contributed by atoms with Gasteiger partial charge in [0.1, 0.15) is 0 Å². The Kier molecular flexibility index (Phi) is 4.40. The predicted molar refractivity (Wildman–Crippen MR) is 82.3 cm³/mol. The molecule has 0 N–H and O–H groups in total. The Morgan fingerprint density at radius 3 is 3.09 bits per heavy atom. The summed E-state index contributed by atoms with van der Waals surface area (Å²) < 4.78 is 6.97. The van der Waals surface area contributed by atoms with E-state index in [0.29, 0.717) is 30.5 Å². The Morgan fingerprint density at radius 2 is 2.27 bits per heavy atom. The second-order valence-electron chi connectivity index (χ2n) is 5.28. The molecule has 1 unspecified atom stereocenters. The third-order valence-corrected chi connectivity index (χ3v) is 3.97. The van der Waals surface area contributed by atoms with Gasteiger partial charge in [0.15, 0.2) is 5.69 Å². The Labute approximate surface area is 133 Å². The molecule has 1 aliphatic heterocycles. The molecule has 0 bridgehead atoms. The molecule has 116 valence electrons. The summed E-state index contributed by atoms with van der Waals surface area (Å²) in [6.07, 6.45) is 2.46. The van der Waals surface area contributed by atoms with Gasteiger partial charge in [-0.15, -0.1) is 5.10 Å². The maximum atomic E-state index is 12.6. The molecule has 7 heteroatoms. The van der Waals surface area contributed by atoms with E-state index in [-0.39, 0.29) is 11.9 Å². The summed E-state index contributed by atoms with van der Waals surface area (Å²) in [5, 5.41) is 8.63. The first-order chi connectivity index (χ1) is 10.6. The van der Waals surface area contributed by atoms with Crippen LogP contribution in [0.2, 0.25) is 5.02 Å². The van der Waals surface area contributed by atoms with E-state index in [0.717, 1.165) is 12.1 Å². The van der Waals surface area contributed by atoms with E-state index in [1.165, 1.54) is 0 Å². The van der Waals surface area contributed by atoms with Crippen LogP contribution in [0.3, 0.4) is 0 Å². The SMILES string of the molecule is CC1CCOCCN1C(=O)c1cn(-c2cccc(Cl)c2)nn1. The zero-order valence-corrected chi connectivity index (χ0v) is 13.0. The average Bonchev–Trinajstić information content (AvgIpc) is 2.90. The molecule has 1 fully saturated rings. The number of hydrogen-bond acceptors (Lipinski definition) is 4. The first-order valence-corrected chi connectivity index (χ1v) is 7.60. The summed E-state index contributed by atoms with van der Waals surface area (Å²) in [6, 6.07) is 7.37. The van der Waals surface area contributed by atoms with Crippen molar-refractivity contribution in [2.45, 2.75) is 19.4 Å². The summed E-state index contributed by atoms with van der Waals surface area (Å²) in [7, 11) is 0. The molecule has 1 atom stereocenters. The minimum absolute atomic E-state index is 0.119. The van der Waals surface area contributed by atoms with Crippen molar-refractivity contribution < 1.29 is 9.53 Å². The van der Waals surface area contributed by atoms with Crippen LogP contribution >= 0.6 is 11.6 Å². The van der Waals surface area contributed by atoms with Crippen molar-refractivity contribution in [1.29, 1.82) is 0 Å². The van der Waals surface area contributed by atoms with Crippen LogP contribution in [0.4, 0.5) is 0 Å². The summed E-state index contributed by atoms with van der Waals surface area (Å²) in [4.78, 5) is 14.4. The van der Waals surface area contributed by atoms with Crippen LogP contribution in [0.1, 0.15) is 23.8 Å². The highest BCUT2D eigenvalue weighted by molar-refractivity contribution is 6.30. The van der Waals surface area contributed by atoms with Gasteiger partial charge in [0.05, 0.1) is 18.5 Å². The van der Waals surface area contributed by atoms with Crippen molar-refractivity contribution in [1.82, 2.24) is 19.9 Å². The topological polar surface area (TPSA) is 60.2 Å². The Bertz CT molecular complexity index is 673. The van der Waals surface area contributed by atoms with Gasteiger partial charge in [0.25, 0.3) is 5.91 Å². The van der Waals surface area contributed by atoms with Gasteiger partial charge in [-0.1, -0.05) is 22.9 Å².